The van der Waals surface area contributed by atoms with Gasteiger partial charge in [0.15, 0.2) is 0 Å². The molecule has 0 saturated carbocycles. The summed E-state index contributed by atoms with van der Waals surface area (Å²) < 4.78 is 5.45. The molecule has 1 heterocycles. The van der Waals surface area contributed by atoms with Crippen LogP contribution in [0.5, 0.6) is 0 Å². The number of hydrogen-bond acceptors (Lipinski definition) is 3. The highest BCUT2D eigenvalue weighted by molar-refractivity contribution is 5.27. The van der Waals surface area contributed by atoms with Crippen LogP contribution in [0.4, 0.5) is 0 Å². The molecule has 0 amide bonds. The van der Waals surface area contributed by atoms with Crippen molar-refractivity contribution in [3.8, 4) is 0 Å². The molecule has 3 unspecified atom stereocenters. The van der Waals surface area contributed by atoms with E-state index in [0.717, 1.165) is 13.0 Å². The first-order chi connectivity index (χ1) is 9.26. The van der Waals surface area contributed by atoms with Crippen LogP contribution in [-0.4, -0.2) is 30.8 Å². The molecule has 0 radical (unpaired) electrons. The van der Waals surface area contributed by atoms with Crippen molar-refractivity contribution in [2.24, 2.45) is 0 Å². The highest BCUT2D eigenvalue weighted by Crippen LogP contribution is 2.34. The maximum absolute atomic E-state index is 5.45. The van der Waals surface area contributed by atoms with E-state index in [1.54, 1.807) is 7.11 Å². The van der Waals surface area contributed by atoms with Gasteiger partial charge in [-0.3, -0.25) is 4.98 Å². The summed E-state index contributed by atoms with van der Waals surface area (Å²) in [6.07, 6.45) is 6.95. The SMILES string of the molecule is CCNC(CC(C)OC)C1CCCc2cccnc21. The number of aromatic nitrogens is 1. The summed E-state index contributed by atoms with van der Waals surface area (Å²) in [5, 5.41) is 3.64. The topological polar surface area (TPSA) is 34.1 Å². The fourth-order valence-electron chi connectivity index (χ4n) is 3.14. The van der Waals surface area contributed by atoms with Crippen LogP contribution in [-0.2, 0) is 11.2 Å². The molecule has 0 saturated heterocycles. The molecule has 3 nitrogen and oxygen atoms in total. The molecule has 0 spiro atoms. The van der Waals surface area contributed by atoms with Gasteiger partial charge < -0.3 is 10.1 Å². The van der Waals surface area contributed by atoms with Crippen LogP contribution >= 0.6 is 0 Å². The summed E-state index contributed by atoms with van der Waals surface area (Å²) in [5.41, 5.74) is 2.75. The summed E-state index contributed by atoms with van der Waals surface area (Å²) >= 11 is 0. The first-order valence-electron chi connectivity index (χ1n) is 7.46. The monoisotopic (exact) mass is 262 g/mol. The Kier molecular flexibility index (Phi) is 5.34. The average Bonchev–Trinajstić information content (AvgIpc) is 2.46. The third-order valence-electron chi connectivity index (χ3n) is 4.18. The second kappa shape index (κ2) is 7.01. The molecular formula is C16H26N2O. The fraction of sp³-hybridized carbons (Fsp3) is 0.688. The first kappa shape index (κ1) is 14.5. The molecule has 1 aromatic heterocycles. The fourth-order valence-corrected chi connectivity index (χ4v) is 3.14. The Morgan fingerprint density at radius 3 is 3.11 bits per heavy atom. The summed E-state index contributed by atoms with van der Waals surface area (Å²) in [4.78, 5) is 4.66. The number of aryl methyl sites for hydroxylation is 1. The lowest BCUT2D eigenvalue weighted by molar-refractivity contribution is 0.0957. The lowest BCUT2D eigenvalue weighted by Crippen LogP contribution is -2.39. The quantitative estimate of drug-likeness (QED) is 0.856. The molecule has 19 heavy (non-hydrogen) atoms. The van der Waals surface area contributed by atoms with E-state index in [-0.39, 0.29) is 6.10 Å². The minimum absolute atomic E-state index is 0.290. The molecule has 0 fully saturated rings. The van der Waals surface area contributed by atoms with Gasteiger partial charge in [0.25, 0.3) is 0 Å². The van der Waals surface area contributed by atoms with Gasteiger partial charge in [0.05, 0.1) is 6.10 Å². The standard InChI is InChI=1S/C16H26N2O/c1-4-17-15(11-12(2)19-3)14-9-5-7-13-8-6-10-18-16(13)14/h6,8,10,12,14-15,17H,4-5,7,9,11H2,1-3H3. The summed E-state index contributed by atoms with van der Waals surface area (Å²) in [6, 6.07) is 4.76. The molecule has 1 aliphatic carbocycles. The smallest absolute Gasteiger partial charge is 0.0558 e. The van der Waals surface area contributed by atoms with Crippen molar-refractivity contribution < 1.29 is 4.74 Å². The number of nitrogens with zero attached hydrogens (tertiary/aromatic N) is 1. The van der Waals surface area contributed by atoms with Crippen molar-refractivity contribution in [2.75, 3.05) is 13.7 Å². The van der Waals surface area contributed by atoms with Gasteiger partial charge in [-0.15, -0.1) is 0 Å². The molecule has 3 atom stereocenters. The lowest BCUT2D eigenvalue weighted by atomic mass is 9.80. The van der Waals surface area contributed by atoms with E-state index >= 15 is 0 Å². The zero-order valence-electron chi connectivity index (χ0n) is 12.4. The van der Waals surface area contributed by atoms with Crippen LogP contribution in [0, 0.1) is 0 Å². The first-order valence-corrected chi connectivity index (χ1v) is 7.46. The van der Waals surface area contributed by atoms with Crippen LogP contribution in [0.15, 0.2) is 18.3 Å². The Labute approximate surface area is 116 Å². The van der Waals surface area contributed by atoms with Gasteiger partial charge in [-0.1, -0.05) is 13.0 Å². The Morgan fingerprint density at radius 1 is 1.53 bits per heavy atom. The van der Waals surface area contributed by atoms with Crippen LogP contribution < -0.4 is 5.32 Å². The zero-order chi connectivity index (χ0) is 13.7. The number of fused-ring (bicyclic) bond motifs is 1. The normalized spacial score (nSPS) is 21.7. The van der Waals surface area contributed by atoms with Gasteiger partial charge in [-0.05, 0) is 50.8 Å². The minimum atomic E-state index is 0.290. The minimum Gasteiger partial charge on any atom is -0.382 e. The van der Waals surface area contributed by atoms with Crippen LogP contribution in [0.2, 0.25) is 0 Å². The molecule has 0 aliphatic heterocycles. The highest BCUT2D eigenvalue weighted by atomic mass is 16.5. The van der Waals surface area contributed by atoms with E-state index in [1.807, 2.05) is 6.20 Å². The number of nitrogens with one attached hydrogen (secondary N) is 1. The van der Waals surface area contributed by atoms with E-state index in [4.69, 9.17) is 4.74 Å². The number of ether oxygens (including phenoxy) is 1. The van der Waals surface area contributed by atoms with Crippen LogP contribution in [0.3, 0.4) is 0 Å². The summed E-state index contributed by atoms with van der Waals surface area (Å²) in [5.74, 6) is 0.530. The highest BCUT2D eigenvalue weighted by Gasteiger charge is 2.29. The molecular weight excluding hydrogens is 236 g/mol. The van der Waals surface area contributed by atoms with Crippen molar-refractivity contribution in [1.29, 1.82) is 0 Å². The molecule has 106 valence electrons. The second-order valence-corrected chi connectivity index (χ2v) is 5.49. The van der Waals surface area contributed by atoms with Crippen LogP contribution in [0.1, 0.15) is 50.3 Å². The molecule has 3 heteroatoms. The Morgan fingerprint density at radius 2 is 2.37 bits per heavy atom. The molecule has 0 aromatic carbocycles. The van der Waals surface area contributed by atoms with Crippen molar-refractivity contribution in [3.05, 3.63) is 29.6 Å². The Balaban J connectivity index is 2.18. The largest absolute Gasteiger partial charge is 0.382 e. The van der Waals surface area contributed by atoms with E-state index in [9.17, 15) is 0 Å². The van der Waals surface area contributed by atoms with Crippen molar-refractivity contribution >= 4 is 0 Å². The summed E-state index contributed by atoms with van der Waals surface area (Å²) in [6.45, 7) is 5.32. The number of rotatable bonds is 6. The Bertz CT molecular complexity index is 394. The van der Waals surface area contributed by atoms with E-state index in [1.165, 1.54) is 30.5 Å². The number of likely N-dealkylation sites (N-methyl/N-ethyl adjacent to an activating group) is 1. The number of methoxy groups -OCH3 is 1. The third-order valence-corrected chi connectivity index (χ3v) is 4.18. The van der Waals surface area contributed by atoms with E-state index < -0.39 is 0 Å². The summed E-state index contributed by atoms with van der Waals surface area (Å²) in [7, 11) is 1.79. The Hall–Kier alpha value is -0.930. The number of hydrogen-bond donors (Lipinski definition) is 1. The maximum Gasteiger partial charge on any atom is 0.0558 e. The van der Waals surface area contributed by atoms with Gasteiger partial charge in [-0.2, -0.15) is 0 Å². The van der Waals surface area contributed by atoms with Gasteiger partial charge in [-0.25, -0.2) is 0 Å². The maximum atomic E-state index is 5.45. The predicted octanol–water partition coefficient (Wildman–Crippen LogP) is 2.90. The number of pyridine rings is 1. The molecule has 1 aliphatic rings. The van der Waals surface area contributed by atoms with Gasteiger partial charge in [0.1, 0.15) is 0 Å². The molecule has 2 rings (SSSR count). The average molecular weight is 262 g/mol. The van der Waals surface area contributed by atoms with Gasteiger partial charge >= 0.3 is 0 Å². The van der Waals surface area contributed by atoms with Crippen molar-refractivity contribution in [1.82, 2.24) is 10.3 Å². The lowest BCUT2D eigenvalue weighted by Gasteiger charge is -2.33. The second-order valence-electron chi connectivity index (χ2n) is 5.49. The van der Waals surface area contributed by atoms with Crippen molar-refractivity contribution in [2.45, 2.75) is 57.6 Å². The van der Waals surface area contributed by atoms with E-state index in [0.29, 0.717) is 12.0 Å². The molecule has 1 N–H and O–H groups in total. The molecule has 1 aromatic rings. The molecule has 0 bridgehead atoms. The third kappa shape index (κ3) is 3.54. The van der Waals surface area contributed by atoms with Gasteiger partial charge in [0.2, 0.25) is 0 Å². The van der Waals surface area contributed by atoms with Crippen molar-refractivity contribution in [3.63, 3.8) is 0 Å². The van der Waals surface area contributed by atoms with Gasteiger partial charge in [0, 0.05) is 31.0 Å². The van der Waals surface area contributed by atoms with Crippen LogP contribution in [0.25, 0.3) is 0 Å². The zero-order valence-corrected chi connectivity index (χ0v) is 12.4. The van der Waals surface area contributed by atoms with E-state index in [2.05, 4.69) is 36.3 Å². The predicted molar refractivity (Wildman–Crippen MR) is 78.5 cm³/mol.